The Hall–Kier alpha value is -1.42. The van der Waals surface area contributed by atoms with Crippen LogP contribution in [0.4, 0.5) is 0 Å². The molecule has 4 heteroatoms. The van der Waals surface area contributed by atoms with Gasteiger partial charge in [-0.1, -0.05) is 12.5 Å². The molecular weight excluding hydrogens is 250 g/mol. The molecule has 0 radical (unpaired) electrons. The molecule has 0 bridgehead atoms. The molecule has 1 atom stereocenters. The molecule has 0 saturated carbocycles. The Morgan fingerprint density at radius 2 is 2.05 bits per heavy atom. The van der Waals surface area contributed by atoms with Crippen LogP contribution in [-0.4, -0.2) is 52.9 Å². The molecule has 108 valence electrons. The standard InChI is InChI=1S/C16H23N3O/c1-18-11-5-3-8-16(18)9-6-12-19(13-16)15(20)14-7-2-4-10-17-14/h2,4,7,10H,3,5-6,8-9,11-13H2,1H3/t16-/m0/s1. The Labute approximate surface area is 120 Å². The molecule has 0 aromatic carbocycles. The van der Waals surface area contributed by atoms with Crippen molar-refractivity contribution in [2.24, 2.45) is 0 Å². The fraction of sp³-hybridized carbons (Fsp3) is 0.625. The second-order valence-electron chi connectivity index (χ2n) is 6.15. The van der Waals surface area contributed by atoms with Gasteiger partial charge in [0.05, 0.1) is 0 Å². The van der Waals surface area contributed by atoms with Gasteiger partial charge in [0.15, 0.2) is 0 Å². The summed E-state index contributed by atoms with van der Waals surface area (Å²) in [6.45, 7) is 2.88. The second-order valence-corrected chi connectivity index (χ2v) is 6.15. The van der Waals surface area contributed by atoms with E-state index in [0.29, 0.717) is 5.69 Å². The Morgan fingerprint density at radius 1 is 1.20 bits per heavy atom. The SMILES string of the molecule is CN1CCCC[C@@]12CCCN(C(=O)c1ccccn1)C2. The Bertz CT molecular complexity index is 472. The van der Waals surface area contributed by atoms with Gasteiger partial charge in [0.2, 0.25) is 0 Å². The molecule has 20 heavy (non-hydrogen) atoms. The van der Waals surface area contributed by atoms with Gasteiger partial charge >= 0.3 is 0 Å². The fourth-order valence-electron chi connectivity index (χ4n) is 3.68. The number of aromatic nitrogens is 1. The molecule has 3 heterocycles. The first-order valence-corrected chi connectivity index (χ1v) is 7.63. The quantitative estimate of drug-likeness (QED) is 0.787. The van der Waals surface area contributed by atoms with Crippen molar-refractivity contribution >= 4 is 5.91 Å². The van der Waals surface area contributed by atoms with Crippen LogP contribution >= 0.6 is 0 Å². The number of carbonyl (C=O) groups excluding carboxylic acids is 1. The maximum atomic E-state index is 12.6. The minimum absolute atomic E-state index is 0.0867. The second kappa shape index (κ2) is 5.52. The summed E-state index contributed by atoms with van der Waals surface area (Å²) >= 11 is 0. The molecule has 2 saturated heterocycles. The highest BCUT2D eigenvalue weighted by atomic mass is 16.2. The van der Waals surface area contributed by atoms with Crippen molar-refractivity contribution in [2.75, 3.05) is 26.7 Å². The number of hydrogen-bond donors (Lipinski definition) is 0. The van der Waals surface area contributed by atoms with Gasteiger partial charge < -0.3 is 4.90 Å². The topological polar surface area (TPSA) is 36.4 Å². The van der Waals surface area contributed by atoms with E-state index in [0.717, 1.165) is 26.1 Å². The molecule has 2 fully saturated rings. The van der Waals surface area contributed by atoms with Crippen LogP contribution in [-0.2, 0) is 0 Å². The molecule has 0 unspecified atom stereocenters. The molecule has 4 nitrogen and oxygen atoms in total. The van der Waals surface area contributed by atoms with E-state index in [1.165, 1.54) is 25.7 Å². The lowest BCUT2D eigenvalue weighted by Crippen LogP contribution is -2.60. The number of amides is 1. The fourth-order valence-corrected chi connectivity index (χ4v) is 3.68. The van der Waals surface area contributed by atoms with E-state index in [1.807, 2.05) is 23.1 Å². The van der Waals surface area contributed by atoms with E-state index in [1.54, 1.807) is 6.20 Å². The predicted octanol–water partition coefficient (Wildman–Crippen LogP) is 2.17. The summed E-state index contributed by atoms with van der Waals surface area (Å²) in [5, 5.41) is 0. The minimum Gasteiger partial charge on any atom is -0.335 e. The summed E-state index contributed by atoms with van der Waals surface area (Å²) in [5.41, 5.74) is 0.782. The lowest BCUT2D eigenvalue weighted by atomic mass is 9.80. The maximum absolute atomic E-state index is 12.6. The number of rotatable bonds is 1. The molecule has 1 aromatic rings. The van der Waals surface area contributed by atoms with Crippen molar-refractivity contribution in [3.05, 3.63) is 30.1 Å². The van der Waals surface area contributed by atoms with Crippen LogP contribution in [0.3, 0.4) is 0 Å². The van der Waals surface area contributed by atoms with Crippen LogP contribution in [0.2, 0.25) is 0 Å². The summed E-state index contributed by atoms with van der Waals surface area (Å²) in [4.78, 5) is 21.3. The van der Waals surface area contributed by atoms with Gasteiger partial charge in [-0.15, -0.1) is 0 Å². The number of hydrogen-bond acceptors (Lipinski definition) is 3. The predicted molar refractivity (Wildman–Crippen MR) is 78.6 cm³/mol. The highest BCUT2D eigenvalue weighted by Crippen LogP contribution is 2.35. The maximum Gasteiger partial charge on any atom is 0.272 e. The lowest BCUT2D eigenvalue weighted by molar-refractivity contribution is 0.00279. The first-order chi connectivity index (χ1) is 9.71. The van der Waals surface area contributed by atoms with Crippen LogP contribution in [0.5, 0.6) is 0 Å². The third-order valence-corrected chi connectivity index (χ3v) is 4.92. The number of piperidine rings is 2. The third-order valence-electron chi connectivity index (χ3n) is 4.92. The third kappa shape index (κ3) is 2.44. The monoisotopic (exact) mass is 273 g/mol. The van der Waals surface area contributed by atoms with Crippen LogP contribution in [0.15, 0.2) is 24.4 Å². The summed E-state index contributed by atoms with van der Waals surface area (Å²) in [6, 6.07) is 5.55. The van der Waals surface area contributed by atoms with Crippen LogP contribution in [0, 0.1) is 0 Å². The smallest absolute Gasteiger partial charge is 0.272 e. The Balaban J connectivity index is 1.76. The van der Waals surface area contributed by atoms with Crippen molar-refractivity contribution in [2.45, 2.75) is 37.6 Å². The van der Waals surface area contributed by atoms with E-state index >= 15 is 0 Å². The van der Waals surface area contributed by atoms with Gasteiger partial charge in [0, 0.05) is 24.8 Å². The molecule has 1 amide bonds. The van der Waals surface area contributed by atoms with Crippen molar-refractivity contribution in [3.8, 4) is 0 Å². The molecule has 0 aliphatic carbocycles. The summed E-state index contributed by atoms with van der Waals surface area (Å²) in [5.74, 6) is 0.0867. The molecule has 0 N–H and O–H groups in total. The average Bonchev–Trinajstić information content (AvgIpc) is 2.51. The largest absolute Gasteiger partial charge is 0.335 e. The van der Waals surface area contributed by atoms with Crippen LogP contribution in [0.25, 0.3) is 0 Å². The highest BCUT2D eigenvalue weighted by Gasteiger charge is 2.41. The molecule has 1 spiro atoms. The first kappa shape index (κ1) is 13.6. The van der Waals surface area contributed by atoms with E-state index in [2.05, 4.69) is 16.9 Å². The van der Waals surface area contributed by atoms with Crippen molar-refractivity contribution in [3.63, 3.8) is 0 Å². The van der Waals surface area contributed by atoms with Crippen LogP contribution in [0.1, 0.15) is 42.6 Å². The summed E-state index contributed by atoms with van der Waals surface area (Å²) in [6.07, 6.45) is 7.80. The first-order valence-electron chi connectivity index (χ1n) is 7.63. The van der Waals surface area contributed by atoms with E-state index in [4.69, 9.17) is 0 Å². The molecule has 2 aliphatic heterocycles. The van der Waals surface area contributed by atoms with E-state index in [9.17, 15) is 4.79 Å². The van der Waals surface area contributed by atoms with Gasteiger partial charge in [-0.25, -0.2) is 0 Å². The van der Waals surface area contributed by atoms with Gasteiger partial charge in [-0.3, -0.25) is 14.7 Å². The highest BCUT2D eigenvalue weighted by molar-refractivity contribution is 5.92. The van der Waals surface area contributed by atoms with Gasteiger partial charge in [0.1, 0.15) is 5.69 Å². The Morgan fingerprint density at radius 3 is 2.80 bits per heavy atom. The van der Waals surface area contributed by atoms with Gasteiger partial charge in [0.25, 0.3) is 5.91 Å². The summed E-state index contributed by atoms with van der Waals surface area (Å²) < 4.78 is 0. The average molecular weight is 273 g/mol. The molecule has 1 aromatic heterocycles. The lowest BCUT2D eigenvalue weighted by Gasteiger charge is -2.50. The molecule has 3 rings (SSSR count). The molecule has 2 aliphatic rings. The van der Waals surface area contributed by atoms with E-state index < -0.39 is 0 Å². The van der Waals surface area contributed by atoms with Crippen molar-refractivity contribution in [1.82, 2.24) is 14.8 Å². The number of pyridine rings is 1. The number of likely N-dealkylation sites (N-methyl/N-ethyl adjacent to an activating group) is 1. The zero-order valence-electron chi connectivity index (χ0n) is 12.2. The van der Waals surface area contributed by atoms with E-state index in [-0.39, 0.29) is 11.4 Å². The number of carbonyl (C=O) groups is 1. The van der Waals surface area contributed by atoms with Crippen molar-refractivity contribution < 1.29 is 4.79 Å². The normalized spacial score (nSPS) is 27.8. The minimum atomic E-state index is 0.0867. The van der Waals surface area contributed by atoms with Gasteiger partial charge in [-0.2, -0.15) is 0 Å². The van der Waals surface area contributed by atoms with Crippen LogP contribution < -0.4 is 0 Å². The number of likely N-dealkylation sites (tertiary alicyclic amines) is 2. The number of nitrogens with zero attached hydrogens (tertiary/aromatic N) is 3. The summed E-state index contributed by atoms with van der Waals surface area (Å²) in [7, 11) is 2.22. The van der Waals surface area contributed by atoms with Crippen molar-refractivity contribution in [1.29, 1.82) is 0 Å². The van der Waals surface area contributed by atoms with Gasteiger partial charge in [-0.05, 0) is 51.4 Å². The zero-order chi connectivity index (χ0) is 14.0. The zero-order valence-corrected chi connectivity index (χ0v) is 12.2. The Kier molecular flexibility index (Phi) is 3.74. The molecular formula is C16H23N3O.